The predicted octanol–water partition coefficient (Wildman–Crippen LogP) is 2.46. The molecule has 0 bridgehead atoms. The molecule has 0 saturated carbocycles. The fourth-order valence-electron chi connectivity index (χ4n) is 2.00. The van der Waals surface area contributed by atoms with Crippen molar-refractivity contribution >= 4 is 5.69 Å². The van der Waals surface area contributed by atoms with Gasteiger partial charge in [0.1, 0.15) is 5.75 Å². The molecule has 0 atom stereocenters. The van der Waals surface area contributed by atoms with Crippen LogP contribution in [0.15, 0.2) is 30.6 Å². The zero-order valence-electron chi connectivity index (χ0n) is 12.2. The van der Waals surface area contributed by atoms with Gasteiger partial charge in [-0.15, -0.1) is 0 Å². The zero-order valence-corrected chi connectivity index (χ0v) is 12.2. The van der Waals surface area contributed by atoms with Crippen molar-refractivity contribution in [3.63, 3.8) is 0 Å². The molecule has 1 N–H and O–H groups in total. The van der Waals surface area contributed by atoms with Gasteiger partial charge in [0.05, 0.1) is 32.1 Å². The Balaban J connectivity index is 1.98. The van der Waals surface area contributed by atoms with E-state index < -0.39 is 0 Å². The summed E-state index contributed by atoms with van der Waals surface area (Å²) in [4.78, 5) is 0. The Hall–Kier alpha value is -2.01. The molecule has 1 aromatic carbocycles. The normalized spacial score (nSPS) is 10.6. The molecule has 0 aliphatic carbocycles. The second-order valence-corrected chi connectivity index (χ2v) is 4.65. The predicted molar refractivity (Wildman–Crippen MR) is 79.2 cm³/mol. The summed E-state index contributed by atoms with van der Waals surface area (Å²) in [5, 5.41) is 7.62. The number of benzene rings is 1. The summed E-state index contributed by atoms with van der Waals surface area (Å²) < 4.78 is 12.3. The van der Waals surface area contributed by atoms with Gasteiger partial charge in [-0.25, -0.2) is 0 Å². The molecule has 0 unspecified atom stereocenters. The van der Waals surface area contributed by atoms with Gasteiger partial charge in [-0.2, -0.15) is 5.10 Å². The van der Waals surface area contributed by atoms with Crippen LogP contribution >= 0.6 is 0 Å². The lowest BCUT2D eigenvalue weighted by molar-refractivity contribution is 0.183. The number of aryl methyl sites for hydroxylation is 1. The van der Waals surface area contributed by atoms with E-state index in [1.165, 1.54) is 5.56 Å². The van der Waals surface area contributed by atoms with Crippen LogP contribution in [0, 0.1) is 6.92 Å². The van der Waals surface area contributed by atoms with Crippen LogP contribution in [0.2, 0.25) is 0 Å². The summed E-state index contributed by atoms with van der Waals surface area (Å²) in [5.41, 5.74) is 3.35. The SMILES string of the molecule is COCCn1cc(NCc2cc(C)ccc2OC)cn1. The molecule has 0 aliphatic rings. The fraction of sp³-hybridized carbons (Fsp3) is 0.400. The molecule has 0 radical (unpaired) electrons. The van der Waals surface area contributed by atoms with Crippen LogP contribution in [0.4, 0.5) is 5.69 Å². The van der Waals surface area contributed by atoms with Crippen molar-refractivity contribution in [1.82, 2.24) is 9.78 Å². The van der Waals surface area contributed by atoms with Gasteiger partial charge >= 0.3 is 0 Å². The first kappa shape index (κ1) is 14.4. The molecule has 0 fully saturated rings. The molecule has 5 nitrogen and oxygen atoms in total. The van der Waals surface area contributed by atoms with E-state index in [-0.39, 0.29) is 0 Å². The van der Waals surface area contributed by atoms with E-state index in [1.807, 2.05) is 29.2 Å². The summed E-state index contributed by atoms with van der Waals surface area (Å²) in [6.07, 6.45) is 3.79. The average Bonchev–Trinajstić information content (AvgIpc) is 2.91. The lowest BCUT2D eigenvalue weighted by atomic mass is 10.1. The molecule has 0 aliphatic heterocycles. The van der Waals surface area contributed by atoms with Crippen LogP contribution in [0.25, 0.3) is 0 Å². The molecule has 2 rings (SSSR count). The Morgan fingerprint density at radius 1 is 1.30 bits per heavy atom. The van der Waals surface area contributed by atoms with Crippen molar-refractivity contribution in [1.29, 1.82) is 0 Å². The maximum atomic E-state index is 5.37. The van der Waals surface area contributed by atoms with Crippen LogP contribution < -0.4 is 10.1 Å². The zero-order chi connectivity index (χ0) is 14.4. The van der Waals surface area contributed by atoms with Crippen LogP contribution in [0.3, 0.4) is 0 Å². The lowest BCUT2D eigenvalue weighted by Gasteiger charge is -2.10. The number of hydrogen-bond donors (Lipinski definition) is 1. The fourth-order valence-corrected chi connectivity index (χ4v) is 2.00. The molecule has 0 spiro atoms. The van der Waals surface area contributed by atoms with Crippen molar-refractivity contribution in [2.24, 2.45) is 0 Å². The molecule has 0 saturated heterocycles. The third-order valence-corrected chi connectivity index (χ3v) is 3.08. The van der Waals surface area contributed by atoms with Crippen molar-refractivity contribution in [3.8, 4) is 5.75 Å². The van der Waals surface area contributed by atoms with Gasteiger partial charge in [0.25, 0.3) is 0 Å². The number of anilines is 1. The van der Waals surface area contributed by atoms with E-state index in [0.29, 0.717) is 13.2 Å². The number of nitrogens with zero attached hydrogens (tertiary/aromatic N) is 2. The molecular weight excluding hydrogens is 254 g/mol. The molecular formula is C15H21N3O2. The van der Waals surface area contributed by atoms with E-state index in [2.05, 4.69) is 23.4 Å². The molecule has 5 heteroatoms. The third-order valence-electron chi connectivity index (χ3n) is 3.08. The molecule has 1 aromatic heterocycles. The minimum absolute atomic E-state index is 0.660. The van der Waals surface area contributed by atoms with Crippen molar-refractivity contribution < 1.29 is 9.47 Å². The first-order chi connectivity index (χ1) is 9.72. The van der Waals surface area contributed by atoms with Crippen LogP contribution in [-0.2, 0) is 17.8 Å². The van der Waals surface area contributed by atoms with Gasteiger partial charge < -0.3 is 14.8 Å². The molecule has 20 heavy (non-hydrogen) atoms. The topological polar surface area (TPSA) is 48.3 Å². The van der Waals surface area contributed by atoms with Gasteiger partial charge in [-0.05, 0) is 13.0 Å². The monoisotopic (exact) mass is 275 g/mol. The van der Waals surface area contributed by atoms with Crippen molar-refractivity contribution in [2.45, 2.75) is 20.0 Å². The van der Waals surface area contributed by atoms with Gasteiger partial charge in [0.15, 0.2) is 0 Å². The second kappa shape index (κ2) is 6.96. The summed E-state index contributed by atoms with van der Waals surface area (Å²) in [5.74, 6) is 0.898. The Morgan fingerprint density at radius 2 is 2.15 bits per heavy atom. The van der Waals surface area contributed by atoms with E-state index in [0.717, 1.165) is 23.5 Å². The number of hydrogen-bond acceptors (Lipinski definition) is 4. The molecule has 2 aromatic rings. The first-order valence-corrected chi connectivity index (χ1v) is 6.61. The summed E-state index contributed by atoms with van der Waals surface area (Å²) >= 11 is 0. The van der Waals surface area contributed by atoms with E-state index >= 15 is 0 Å². The summed E-state index contributed by atoms with van der Waals surface area (Å²) in [6.45, 7) is 4.20. The second-order valence-electron chi connectivity index (χ2n) is 4.65. The number of nitrogens with one attached hydrogen (secondary N) is 1. The van der Waals surface area contributed by atoms with Crippen LogP contribution in [0.1, 0.15) is 11.1 Å². The quantitative estimate of drug-likeness (QED) is 0.843. The largest absolute Gasteiger partial charge is 0.496 e. The van der Waals surface area contributed by atoms with Gasteiger partial charge in [0, 0.05) is 25.4 Å². The van der Waals surface area contributed by atoms with E-state index in [1.54, 1.807) is 14.2 Å². The highest BCUT2D eigenvalue weighted by molar-refractivity contribution is 5.43. The molecule has 108 valence electrons. The van der Waals surface area contributed by atoms with E-state index in [9.17, 15) is 0 Å². The van der Waals surface area contributed by atoms with Gasteiger partial charge in [0.2, 0.25) is 0 Å². The summed E-state index contributed by atoms with van der Waals surface area (Å²) in [6, 6.07) is 6.17. The first-order valence-electron chi connectivity index (χ1n) is 6.61. The molecule has 1 heterocycles. The maximum Gasteiger partial charge on any atom is 0.123 e. The highest BCUT2D eigenvalue weighted by atomic mass is 16.5. The third kappa shape index (κ3) is 3.74. The van der Waals surface area contributed by atoms with Gasteiger partial charge in [-0.1, -0.05) is 17.7 Å². The highest BCUT2D eigenvalue weighted by Crippen LogP contribution is 2.20. The van der Waals surface area contributed by atoms with Crippen molar-refractivity contribution in [3.05, 3.63) is 41.7 Å². The van der Waals surface area contributed by atoms with Crippen molar-refractivity contribution in [2.75, 3.05) is 26.1 Å². The van der Waals surface area contributed by atoms with Gasteiger partial charge in [-0.3, -0.25) is 4.68 Å². The summed E-state index contributed by atoms with van der Waals surface area (Å²) in [7, 11) is 3.38. The lowest BCUT2D eigenvalue weighted by Crippen LogP contribution is -2.04. The minimum atomic E-state index is 0.660. The van der Waals surface area contributed by atoms with Crippen LogP contribution in [0.5, 0.6) is 5.75 Å². The Labute approximate surface area is 119 Å². The highest BCUT2D eigenvalue weighted by Gasteiger charge is 2.04. The van der Waals surface area contributed by atoms with E-state index in [4.69, 9.17) is 9.47 Å². The number of rotatable bonds is 7. The average molecular weight is 275 g/mol. The maximum absolute atomic E-state index is 5.37. The number of ether oxygens (including phenoxy) is 2. The Morgan fingerprint density at radius 3 is 2.90 bits per heavy atom. The Kier molecular flexibility index (Phi) is 5.01. The standard InChI is InChI=1S/C15H21N3O2/c1-12-4-5-15(20-3)13(8-12)9-16-14-10-17-18(11-14)6-7-19-2/h4-5,8,10-11,16H,6-7,9H2,1-3H3. The molecule has 0 amide bonds. The Bertz CT molecular complexity index is 552. The minimum Gasteiger partial charge on any atom is -0.496 e. The number of methoxy groups -OCH3 is 2. The smallest absolute Gasteiger partial charge is 0.123 e. The van der Waals surface area contributed by atoms with Crippen LogP contribution in [-0.4, -0.2) is 30.6 Å². The number of aromatic nitrogens is 2.